The topological polar surface area (TPSA) is 38.7 Å². The monoisotopic (exact) mass is 743 g/mol. The van der Waals surface area contributed by atoms with Gasteiger partial charge in [-0.05, 0) is 45.8 Å². The second-order valence-corrected chi connectivity index (χ2v) is 15.4. The van der Waals surface area contributed by atoms with Gasteiger partial charge in [0.15, 0.2) is 5.82 Å². The predicted molar refractivity (Wildman–Crippen MR) is 240 cm³/mol. The van der Waals surface area contributed by atoms with Gasteiger partial charge in [-0.2, -0.15) is 0 Å². The molecule has 0 aliphatic heterocycles. The SMILES string of the molecule is c1ccc(-c2cccc(-c3cc(-c4ccc(-c5ccc(-c6nc7c8ccccc8ccc7c7c6sc6ccccc67)cc5)cc4)nc(-c4ccccc4)n3)c2)cc1. The van der Waals surface area contributed by atoms with Crippen molar-refractivity contribution in [3.63, 3.8) is 0 Å². The van der Waals surface area contributed by atoms with Crippen molar-refractivity contribution in [3.05, 3.63) is 200 Å². The molecule has 3 aromatic heterocycles. The minimum absolute atomic E-state index is 0.705. The van der Waals surface area contributed by atoms with E-state index >= 15 is 0 Å². The molecule has 3 heterocycles. The van der Waals surface area contributed by atoms with E-state index in [1.54, 1.807) is 0 Å². The molecular weight excluding hydrogens is 711 g/mol. The lowest BCUT2D eigenvalue weighted by Crippen LogP contribution is -1.96. The van der Waals surface area contributed by atoms with Gasteiger partial charge < -0.3 is 0 Å². The van der Waals surface area contributed by atoms with Crippen LogP contribution in [0.2, 0.25) is 0 Å². The highest BCUT2D eigenvalue weighted by Gasteiger charge is 2.18. The summed E-state index contributed by atoms with van der Waals surface area (Å²) in [6, 6.07) is 70.7. The Kier molecular flexibility index (Phi) is 8.01. The molecule has 0 spiro atoms. The quantitative estimate of drug-likeness (QED) is 0.159. The normalized spacial score (nSPS) is 11.5. The molecule has 0 amide bonds. The molecule has 0 unspecified atom stereocenters. The van der Waals surface area contributed by atoms with Crippen LogP contribution in [0.1, 0.15) is 0 Å². The van der Waals surface area contributed by atoms with Gasteiger partial charge in [-0.3, -0.25) is 0 Å². The van der Waals surface area contributed by atoms with Crippen molar-refractivity contribution in [3.8, 4) is 67.4 Å². The molecule has 266 valence electrons. The van der Waals surface area contributed by atoms with Gasteiger partial charge in [-0.1, -0.05) is 182 Å². The molecule has 0 aliphatic carbocycles. The highest BCUT2D eigenvalue weighted by atomic mass is 32.1. The lowest BCUT2D eigenvalue weighted by Gasteiger charge is -2.12. The molecule has 0 atom stereocenters. The average molecular weight is 744 g/mol. The van der Waals surface area contributed by atoms with Crippen molar-refractivity contribution in [1.29, 1.82) is 0 Å². The van der Waals surface area contributed by atoms with Crippen LogP contribution in [0, 0.1) is 0 Å². The molecule has 0 bridgehead atoms. The van der Waals surface area contributed by atoms with Crippen molar-refractivity contribution >= 4 is 53.2 Å². The van der Waals surface area contributed by atoms with Crippen LogP contribution < -0.4 is 0 Å². The van der Waals surface area contributed by atoms with Crippen LogP contribution in [-0.2, 0) is 0 Å². The average Bonchev–Trinajstić information content (AvgIpc) is 3.69. The van der Waals surface area contributed by atoms with Crippen LogP contribution in [0.4, 0.5) is 0 Å². The summed E-state index contributed by atoms with van der Waals surface area (Å²) in [5.41, 5.74) is 12.7. The smallest absolute Gasteiger partial charge is 0.160 e. The molecule has 57 heavy (non-hydrogen) atoms. The molecular formula is C53H33N3S. The second kappa shape index (κ2) is 13.8. The number of hydrogen-bond donors (Lipinski definition) is 0. The Morgan fingerprint density at radius 2 is 0.895 bits per heavy atom. The Bertz CT molecular complexity index is 3260. The van der Waals surface area contributed by atoms with E-state index in [-0.39, 0.29) is 0 Å². The Labute approximate surface area is 334 Å². The summed E-state index contributed by atoms with van der Waals surface area (Å²) >= 11 is 1.83. The zero-order chi connectivity index (χ0) is 37.7. The Balaban J connectivity index is 0.966. The maximum Gasteiger partial charge on any atom is 0.160 e. The van der Waals surface area contributed by atoms with Crippen molar-refractivity contribution in [2.24, 2.45) is 0 Å². The molecule has 4 heteroatoms. The lowest BCUT2D eigenvalue weighted by atomic mass is 9.98. The van der Waals surface area contributed by atoms with Gasteiger partial charge >= 0.3 is 0 Å². The van der Waals surface area contributed by atoms with Crippen LogP contribution in [0.15, 0.2) is 200 Å². The van der Waals surface area contributed by atoms with Crippen LogP contribution in [0.5, 0.6) is 0 Å². The highest BCUT2D eigenvalue weighted by Crippen LogP contribution is 2.44. The predicted octanol–water partition coefficient (Wildman–Crippen LogP) is 14.5. The number of hydrogen-bond acceptors (Lipinski definition) is 4. The molecule has 0 saturated carbocycles. The molecule has 0 radical (unpaired) electrons. The van der Waals surface area contributed by atoms with E-state index in [1.165, 1.54) is 41.9 Å². The first-order valence-electron chi connectivity index (χ1n) is 19.2. The number of nitrogens with zero attached hydrogens (tertiary/aromatic N) is 3. The summed E-state index contributed by atoms with van der Waals surface area (Å²) in [7, 11) is 0. The molecule has 3 nitrogen and oxygen atoms in total. The molecule has 0 N–H and O–H groups in total. The fourth-order valence-electron chi connectivity index (χ4n) is 8.02. The van der Waals surface area contributed by atoms with E-state index in [9.17, 15) is 0 Å². The fraction of sp³-hybridized carbons (Fsp3) is 0. The van der Waals surface area contributed by atoms with Crippen molar-refractivity contribution in [2.45, 2.75) is 0 Å². The first kappa shape index (κ1) is 33.1. The van der Waals surface area contributed by atoms with Crippen molar-refractivity contribution in [2.75, 3.05) is 0 Å². The summed E-state index contributed by atoms with van der Waals surface area (Å²) in [5.74, 6) is 0.705. The van der Waals surface area contributed by atoms with Gasteiger partial charge in [0.2, 0.25) is 0 Å². The van der Waals surface area contributed by atoms with Crippen LogP contribution in [0.25, 0.3) is 109 Å². The van der Waals surface area contributed by atoms with E-state index in [0.717, 1.165) is 61.5 Å². The number of thiophene rings is 1. The zero-order valence-electron chi connectivity index (χ0n) is 30.8. The second-order valence-electron chi connectivity index (χ2n) is 14.4. The summed E-state index contributed by atoms with van der Waals surface area (Å²) in [6.45, 7) is 0. The maximum absolute atomic E-state index is 5.42. The number of fused-ring (bicyclic) bond motifs is 7. The molecule has 0 saturated heterocycles. The van der Waals surface area contributed by atoms with E-state index < -0.39 is 0 Å². The summed E-state index contributed by atoms with van der Waals surface area (Å²) in [4.78, 5) is 15.6. The summed E-state index contributed by atoms with van der Waals surface area (Å²) in [6.07, 6.45) is 0. The Hall–Kier alpha value is -7.27. The molecule has 0 fully saturated rings. The van der Waals surface area contributed by atoms with E-state index in [0.29, 0.717) is 5.82 Å². The number of benzene rings is 8. The lowest BCUT2D eigenvalue weighted by molar-refractivity contribution is 1.18. The minimum atomic E-state index is 0.705. The molecule has 11 aromatic rings. The third-order valence-corrected chi connectivity index (χ3v) is 12.1. The fourth-order valence-corrected chi connectivity index (χ4v) is 9.25. The molecule has 0 aliphatic rings. The highest BCUT2D eigenvalue weighted by molar-refractivity contribution is 7.26. The van der Waals surface area contributed by atoms with Crippen LogP contribution in [-0.4, -0.2) is 15.0 Å². The Morgan fingerprint density at radius 3 is 1.65 bits per heavy atom. The van der Waals surface area contributed by atoms with E-state index in [4.69, 9.17) is 15.0 Å². The van der Waals surface area contributed by atoms with E-state index in [1.807, 2.05) is 35.6 Å². The third kappa shape index (κ3) is 5.95. The maximum atomic E-state index is 5.42. The molecule has 8 aromatic carbocycles. The minimum Gasteiger partial charge on any atom is -0.246 e. The molecule has 11 rings (SSSR count). The van der Waals surface area contributed by atoms with Gasteiger partial charge in [0, 0.05) is 48.5 Å². The van der Waals surface area contributed by atoms with Gasteiger partial charge in [0.1, 0.15) is 0 Å². The standard InChI is InChI=1S/C53H33N3S/c1-3-12-34(13-4-1)41-17-11-18-42(32-41)47-33-46(54-53(55-47)40-15-5-2-6-16-40)38-26-22-35(23-27-38)36-24-28-39(29-25-36)50-52-49(44-20-9-10-21-48(44)57-52)45-31-30-37-14-7-8-19-43(37)51(45)56-50/h1-33H. The number of rotatable bonds is 6. The first-order valence-corrected chi connectivity index (χ1v) is 20.0. The summed E-state index contributed by atoms with van der Waals surface area (Å²) < 4.78 is 2.50. The van der Waals surface area contributed by atoms with Crippen LogP contribution >= 0.6 is 11.3 Å². The summed E-state index contributed by atoms with van der Waals surface area (Å²) in [5, 5.41) is 6.15. The van der Waals surface area contributed by atoms with E-state index in [2.05, 4.69) is 176 Å². The largest absolute Gasteiger partial charge is 0.246 e. The first-order chi connectivity index (χ1) is 28.2. The Morgan fingerprint density at radius 1 is 0.333 bits per heavy atom. The van der Waals surface area contributed by atoms with Gasteiger partial charge in [-0.15, -0.1) is 11.3 Å². The van der Waals surface area contributed by atoms with Crippen molar-refractivity contribution in [1.82, 2.24) is 15.0 Å². The van der Waals surface area contributed by atoms with Crippen molar-refractivity contribution < 1.29 is 0 Å². The van der Waals surface area contributed by atoms with Crippen LogP contribution in [0.3, 0.4) is 0 Å². The van der Waals surface area contributed by atoms with Gasteiger partial charge in [0.05, 0.1) is 27.3 Å². The number of aromatic nitrogens is 3. The van der Waals surface area contributed by atoms with Gasteiger partial charge in [0.25, 0.3) is 0 Å². The number of pyridine rings is 1. The third-order valence-electron chi connectivity index (χ3n) is 10.9. The zero-order valence-corrected chi connectivity index (χ0v) is 31.6. The van der Waals surface area contributed by atoms with Gasteiger partial charge in [-0.25, -0.2) is 15.0 Å².